The van der Waals surface area contributed by atoms with Gasteiger partial charge < -0.3 is 10.1 Å². The first-order valence-electron chi connectivity index (χ1n) is 9.15. The van der Waals surface area contributed by atoms with Gasteiger partial charge in [0, 0.05) is 5.69 Å². The van der Waals surface area contributed by atoms with E-state index in [9.17, 15) is 4.79 Å². The first-order valence-corrected chi connectivity index (χ1v) is 9.90. The van der Waals surface area contributed by atoms with E-state index in [4.69, 9.17) is 27.9 Å². The molecule has 0 atom stereocenters. The molecule has 0 spiro atoms. The van der Waals surface area contributed by atoms with Gasteiger partial charge in [0.05, 0.1) is 28.4 Å². The van der Waals surface area contributed by atoms with Crippen LogP contribution in [0.3, 0.4) is 0 Å². The molecular weight excluding hydrogens is 423 g/mol. The number of fused-ring (bicyclic) bond motifs is 1. The van der Waals surface area contributed by atoms with Crippen LogP contribution in [0.5, 0.6) is 5.75 Å². The Bertz CT molecular complexity index is 1280. The van der Waals surface area contributed by atoms with Gasteiger partial charge in [0.25, 0.3) is 5.91 Å². The van der Waals surface area contributed by atoms with Crippen molar-refractivity contribution in [3.8, 4) is 11.4 Å². The number of amides is 1. The quantitative estimate of drug-likeness (QED) is 0.447. The summed E-state index contributed by atoms with van der Waals surface area (Å²) in [4.78, 5) is 14.2. The number of aromatic nitrogens is 3. The molecule has 0 radical (unpaired) electrons. The zero-order valence-electron chi connectivity index (χ0n) is 16.5. The predicted molar refractivity (Wildman–Crippen MR) is 119 cm³/mol. The molecule has 0 bridgehead atoms. The molecule has 0 aliphatic heterocycles. The molecule has 0 unspecified atom stereocenters. The molecule has 1 aromatic heterocycles. The van der Waals surface area contributed by atoms with Crippen LogP contribution >= 0.6 is 23.2 Å². The second kappa shape index (κ2) is 7.97. The van der Waals surface area contributed by atoms with Gasteiger partial charge >= 0.3 is 0 Å². The number of hydrogen-bond donors (Lipinski definition) is 1. The summed E-state index contributed by atoms with van der Waals surface area (Å²) >= 11 is 12.4. The Morgan fingerprint density at radius 3 is 2.37 bits per heavy atom. The summed E-state index contributed by atoms with van der Waals surface area (Å²) in [6.45, 7) is 3.82. The molecule has 1 amide bonds. The highest BCUT2D eigenvalue weighted by atomic mass is 35.5. The van der Waals surface area contributed by atoms with Gasteiger partial charge in [-0.2, -0.15) is 4.80 Å². The number of methoxy groups -OCH3 is 1. The molecule has 4 rings (SSSR count). The molecule has 1 heterocycles. The van der Waals surface area contributed by atoms with Crippen LogP contribution in [0.25, 0.3) is 16.7 Å². The number of nitrogens with one attached hydrogen (secondary N) is 1. The topological polar surface area (TPSA) is 69.0 Å². The molecule has 0 fully saturated rings. The Morgan fingerprint density at radius 1 is 0.967 bits per heavy atom. The lowest BCUT2D eigenvalue weighted by atomic mass is 10.1. The molecule has 152 valence electrons. The zero-order chi connectivity index (χ0) is 21.4. The minimum atomic E-state index is -0.281. The first kappa shape index (κ1) is 20.2. The molecule has 3 aromatic carbocycles. The highest BCUT2D eigenvalue weighted by molar-refractivity contribution is 6.34. The van der Waals surface area contributed by atoms with Gasteiger partial charge in [0.15, 0.2) is 0 Å². The Morgan fingerprint density at radius 2 is 1.70 bits per heavy atom. The van der Waals surface area contributed by atoms with E-state index >= 15 is 0 Å². The lowest BCUT2D eigenvalue weighted by Gasteiger charge is -2.09. The van der Waals surface area contributed by atoms with Crippen LogP contribution in [0.4, 0.5) is 5.69 Å². The number of hydrogen-bond acceptors (Lipinski definition) is 4. The number of carbonyl (C=O) groups is 1. The molecule has 6 nitrogen and oxygen atoms in total. The molecule has 4 aromatic rings. The lowest BCUT2D eigenvalue weighted by molar-refractivity contribution is 0.102. The molecular formula is C22H18Cl2N4O2. The summed E-state index contributed by atoms with van der Waals surface area (Å²) in [5, 5.41) is 12.8. The lowest BCUT2D eigenvalue weighted by Crippen LogP contribution is -2.13. The predicted octanol–water partition coefficient (Wildman–Crippen LogP) is 5.61. The van der Waals surface area contributed by atoms with E-state index in [1.54, 1.807) is 37.4 Å². The van der Waals surface area contributed by atoms with Crippen LogP contribution < -0.4 is 10.1 Å². The van der Waals surface area contributed by atoms with Crippen LogP contribution in [0.1, 0.15) is 21.5 Å². The third kappa shape index (κ3) is 3.84. The molecule has 1 N–H and O–H groups in total. The van der Waals surface area contributed by atoms with Crippen LogP contribution in [0, 0.1) is 13.8 Å². The molecule has 0 aliphatic carbocycles. The summed E-state index contributed by atoms with van der Waals surface area (Å²) in [6.07, 6.45) is 0. The maximum absolute atomic E-state index is 12.7. The van der Waals surface area contributed by atoms with E-state index in [1.807, 2.05) is 32.0 Å². The summed E-state index contributed by atoms with van der Waals surface area (Å²) in [7, 11) is 1.56. The van der Waals surface area contributed by atoms with Gasteiger partial charge in [-0.3, -0.25) is 4.79 Å². The Labute approximate surface area is 183 Å². The number of carbonyl (C=O) groups excluding carboxylic acids is 1. The fraction of sp³-hybridized carbons (Fsp3) is 0.136. The van der Waals surface area contributed by atoms with Gasteiger partial charge in [0.1, 0.15) is 16.8 Å². The van der Waals surface area contributed by atoms with Crippen molar-refractivity contribution in [3.05, 3.63) is 75.3 Å². The minimum absolute atomic E-state index is 0.281. The molecule has 0 saturated heterocycles. The monoisotopic (exact) mass is 440 g/mol. The van der Waals surface area contributed by atoms with Crippen molar-refractivity contribution in [1.29, 1.82) is 0 Å². The van der Waals surface area contributed by atoms with E-state index in [1.165, 1.54) is 4.80 Å². The van der Waals surface area contributed by atoms with Crippen LogP contribution in [-0.4, -0.2) is 28.0 Å². The van der Waals surface area contributed by atoms with Gasteiger partial charge in [-0.25, -0.2) is 0 Å². The van der Waals surface area contributed by atoms with E-state index in [0.29, 0.717) is 43.8 Å². The SMILES string of the molecule is COc1ccc(-n2nc3cc(C)c(NC(=O)c4ccc(C)cc4Cl)cc3n2)cc1Cl. The number of halogens is 2. The van der Waals surface area contributed by atoms with Crippen molar-refractivity contribution < 1.29 is 9.53 Å². The molecule has 0 saturated carbocycles. The third-order valence-corrected chi connectivity index (χ3v) is 5.32. The molecule has 30 heavy (non-hydrogen) atoms. The summed E-state index contributed by atoms with van der Waals surface area (Å²) in [5.74, 6) is 0.296. The highest BCUT2D eigenvalue weighted by Crippen LogP contribution is 2.28. The fourth-order valence-electron chi connectivity index (χ4n) is 3.09. The number of nitrogens with zero attached hydrogens (tertiary/aromatic N) is 3. The third-order valence-electron chi connectivity index (χ3n) is 4.71. The number of aryl methyl sites for hydroxylation is 2. The van der Waals surface area contributed by atoms with Gasteiger partial charge in [-0.15, -0.1) is 10.2 Å². The van der Waals surface area contributed by atoms with Crippen LogP contribution in [0.15, 0.2) is 48.5 Å². The summed E-state index contributed by atoms with van der Waals surface area (Å²) in [6, 6.07) is 14.3. The fourth-order valence-corrected chi connectivity index (χ4v) is 3.66. The van der Waals surface area contributed by atoms with Crippen LogP contribution in [0.2, 0.25) is 10.0 Å². The molecule has 0 aliphatic rings. The standard InChI is InChI=1S/C22H18Cl2N4O2/c1-12-4-6-15(16(23)8-12)22(29)25-18-11-20-19(9-13(18)2)26-28(27-20)14-5-7-21(30-3)17(24)10-14/h4-11H,1-3H3,(H,25,29). The van der Waals surface area contributed by atoms with Gasteiger partial charge in [-0.05, 0) is 67.4 Å². The highest BCUT2D eigenvalue weighted by Gasteiger charge is 2.14. The van der Waals surface area contributed by atoms with E-state index in [-0.39, 0.29) is 5.91 Å². The number of rotatable bonds is 4. The van der Waals surface area contributed by atoms with Gasteiger partial charge in [-0.1, -0.05) is 29.3 Å². The normalized spacial score (nSPS) is 11.0. The average Bonchev–Trinajstić information content (AvgIpc) is 3.10. The van der Waals surface area contributed by atoms with Crippen molar-refractivity contribution in [3.63, 3.8) is 0 Å². The van der Waals surface area contributed by atoms with Crippen molar-refractivity contribution >= 4 is 45.8 Å². The maximum Gasteiger partial charge on any atom is 0.257 e. The Kier molecular flexibility index (Phi) is 5.37. The molecule has 8 heteroatoms. The van der Waals surface area contributed by atoms with E-state index < -0.39 is 0 Å². The maximum atomic E-state index is 12.7. The van der Waals surface area contributed by atoms with Crippen molar-refractivity contribution in [2.75, 3.05) is 12.4 Å². The van der Waals surface area contributed by atoms with Crippen molar-refractivity contribution in [1.82, 2.24) is 15.0 Å². The number of benzene rings is 3. The van der Waals surface area contributed by atoms with Crippen LogP contribution in [-0.2, 0) is 0 Å². The largest absolute Gasteiger partial charge is 0.495 e. The van der Waals surface area contributed by atoms with E-state index in [2.05, 4.69) is 15.5 Å². The first-order chi connectivity index (χ1) is 14.4. The zero-order valence-corrected chi connectivity index (χ0v) is 18.0. The van der Waals surface area contributed by atoms with E-state index in [0.717, 1.165) is 11.1 Å². The Hall–Kier alpha value is -3.09. The summed E-state index contributed by atoms with van der Waals surface area (Å²) < 4.78 is 5.18. The number of ether oxygens (including phenoxy) is 1. The smallest absolute Gasteiger partial charge is 0.257 e. The van der Waals surface area contributed by atoms with Crippen molar-refractivity contribution in [2.24, 2.45) is 0 Å². The van der Waals surface area contributed by atoms with Gasteiger partial charge in [0.2, 0.25) is 0 Å². The summed E-state index contributed by atoms with van der Waals surface area (Å²) in [5.41, 5.74) is 4.95. The minimum Gasteiger partial charge on any atom is -0.495 e. The van der Waals surface area contributed by atoms with Crippen molar-refractivity contribution in [2.45, 2.75) is 13.8 Å². The second-order valence-electron chi connectivity index (χ2n) is 6.90. The average molecular weight is 441 g/mol. The number of anilines is 1. The second-order valence-corrected chi connectivity index (χ2v) is 7.72. The Balaban J connectivity index is 1.67.